The second kappa shape index (κ2) is 2.70. The molecule has 1 rings (SSSR count). The summed E-state index contributed by atoms with van der Waals surface area (Å²) in [6.07, 6.45) is 0.556. The number of nitrogens with two attached hydrogens (primary N) is 1. The van der Waals surface area contributed by atoms with Crippen LogP contribution in [0.2, 0.25) is 0 Å². The highest BCUT2D eigenvalue weighted by Gasteiger charge is 2.51. The van der Waals surface area contributed by atoms with Crippen molar-refractivity contribution in [2.75, 3.05) is 0 Å². The summed E-state index contributed by atoms with van der Waals surface area (Å²) in [7, 11) is 0. The van der Waals surface area contributed by atoms with Crippen LogP contribution in [0.3, 0.4) is 0 Å². The topological polar surface area (TPSA) is 101 Å². The lowest BCUT2D eigenvalue weighted by molar-refractivity contribution is -0.148. The van der Waals surface area contributed by atoms with Gasteiger partial charge in [-0.1, -0.05) is 0 Å². The molecule has 0 aliphatic heterocycles. The Balaban J connectivity index is 2.85. The Bertz CT molecular complexity index is 239. The fourth-order valence-corrected chi connectivity index (χ4v) is 1.74. The first-order chi connectivity index (χ1) is 5.80. The first kappa shape index (κ1) is 9.98. The van der Waals surface area contributed by atoms with Crippen molar-refractivity contribution in [1.29, 1.82) is 0 Å². The minimum Gasteiger partial charge on any atom is -0.481 e. The van der Waals surface area contributed by atoms with E-state index < -0.39 is 22.9 Å². The van der Waals surface area contributed by atoms with Crippen LogP contribution in [0.1, 0.15) is 26.2 Å². The van der Waals surface area contributed by atoms with Gasteiger partial charge in [-0.2, -0.15) is 0 Å². The Labute approximate surface area is 75.5 Å². The molecule has 1 saturated carbocycles. The Morgan fingerprint density at radius 1 is 1.23 bits per heavy atom. The molecule has 0 aromatic rings. The molecule has 0 aromatic carbocycles. The van der Waals surface area contributed by atoms with E-state index in [1.54, 1.807) is 0 Å². The predicted molar refractivity (Wildman–Crippen MR) is 44.1 cm³/mol. The van der Waals surface area contributed by atoms with Gasteiger partial charge in [-0.3, -0.25) is 9.59 Å². The molecule has 74 valence electrons. The Kier molecular flexibility index (Phi) is 2.07. The van der Waals surface area contributed by atoms with Gasteiger partial charge >= 0.3 is 11.9 Å². The molecular formula is C8H13NO4. The van der Waals surface area contributed by atoms with Gasteiger partial charge in [0.2, 0.25) is 0 Å². The molecule has 1 aliphatic rings. The number of carbonyl (C=O) groups is 2. The molecule has 4 N–H and O–H groups in total. The van der Waals surface area contributed by atoms with Crippen LogP contribution in [0.5, 0.6) is 0 Å². The molecule has 5 nitrogen and oxygen atoms in total. The van der Waals surface area contributed by atoms with Gasteiger partial charge in [0.15, 0.2) is 0 Å². The fourth-order valence-electron chi connectivity index (χ4n) is 1.74. The molecule has 0 aromatic heterocycles. The second-order valence-corrected chi connectivity index (χ2v) is 4.00. The first-order valence-corrected chi connectivity index (χ1v) is 4.06. The van der Waals surface area contributed by atoms with E-state index in [4.69, 9.17) is 15.9 Å². The summed E-state index contributed by atoms with van der Waals surface area (Å²) in [5.74, 6) is -2.08. The van der Waals surface area contributed by atoms with Crippen LogP contribution < -0.4 is 5.73 Å². The average molecular weight is 187 g/mol. The molecule has 13 heavy (non-hydrogen) atoms. The lowest BCUT2D eigenvalue weighted by atomic mass is 9.86. The van der Waals surface area contributed by atoms with E-state index >= 15 is 0 Å². The Morgan fingerprint density at radius 2 is 1.77 bits per heavy atom. The number of rotatable bonds is 2. The Hall–Kier alpha value is -1.10. The van der Waals surface area contributed by atoms with Crippen molar-refractivity contribution in [3.05, 3.63) is 0 Å². The van der Waals surface area contributed by atoms with E-state index in [9.17, 15) is 9.59 Å². The van der Waals surface area contributed by atoms with Gasteiger partial charge in [0.05, 0.1) is 5.41 Å². The van der Waals surface area contributed by atoms with Crippen LogP contribution in [0.15, 0.2) is 0 Å². The number of carboxylic acid groups (broad SMARTS) is 2. The summed E-state index contributed by atoms with van der Waals surface area (Å²) in [5.41, 5.74) is 3.22. The molecule has 0 spiro atoms. The lowest BCUT2D eigenvalue weighted by Crippen LogP contribution is -2.46. The normalized spacial score (nSPS) is 38.9. The maximum absolute atomic E-state index is 10.8. The van der Waals surface area contributed by atoms with Crippen molar-refractivity contribution in [3.63, 3.8) is 0 Å². The smallest absolute Gasteiger partial charge is 0.323 e. The van der Waals surface area contributed by atoms with Gasteiger partial charge in [-0.15, -0.1) is 0 Å². The van der Waals surface area contributed by atoms with E-state index in [0.29, 0.717) is 6.42 Å². The van der Waals surface area contributed by atoms with Crippen molar-refractivity contribution in [2.45, 2.75) is 31.7 Å². The largest absolute Gasteiger partial charge is 0.481 e. The maximum atomic E-state index is 10.8. The van der Waals surface area contributed by atoms with Crippen LogP contribution in [0.25, 0.3) is 0 Å². The number of aliphatic carboxylic acids is 2. The molecule has 1 aliphatic carbocycles. The summed E-state index contributed by atoms with van der Waals surface area (Å²) in [5, 5.41) is 17.6. The van der Waals surface area contributed by atoms with Crippen molar-refractivity contribution in [3.8, 4) is 0 Å². The minimum atomic E-state index is -1.35. The molecule has 1 fully saturated rings. The SMILES string of the molecule is C[C@]1(C(=O)O)CC[C@@](N)(C(=O)O)C1. The van der Waals surface area contributed by atoms with Gasteiger partial charge in [-0.25, -0.2) is 0 Å². The molecule has 0 bridgehead atoms. The maximum Gasteiger partial charge on any atom is 0.323 e. The van der Waals surface area contributed by atoms with Gasteiger partial charge in [0, 0.05) is 0 Å². The minimum absolute atomic E-state index is 0.00463. The molecule has 0 heterocycles. The molecule has 0 radical (unpaired) electrons. The van der Waals surface area contributed by atoms with E-state index in [-0.39, 0.29) is 12.8 Å². The van der Waals surface area contributed by atoms with Crippen molar-refractivity contribution < 1.29 is 19.8 Å². The van der Waals surface area contributed by atoms with E-state index in [2.05, 4.69) is 0 Å². The standard InChI is InChI=1S/C8H13NO4/c1-7(5(10)11)2-3-8(9,4-7)6(12)13/h2-4,9H2,1H3,(H,10,11)(H,12,13)/t7-,8-/m0/s1. The van der Waals surface area contributed by atoms with Gasteiger partial charge in [0.25, 0.3) is 0 Å². The summed E-state index contributed by atoms with van der Waals surface area (Å²) in [4.78, 5) is 21.5. The van der Waals surface area contributed by atoms with Crippen LogP contribution in [0, 0.1) is 5.41 Å². The van der Waals surface area contributed by atoms with Crippen molar-refractivity contribution >= 4 is 11.9 Å². The molecule has 0 saturated heterocycles. The predicted octanol–water partition coefficient (Wildman–Crippen LogP) is 0.0433. The third kappa shape index (κ3) is 1.51. The fraction of sp³-hybridized carbons (Fsp3) is 0.750. The average Bonchev–Trinajstić information content (AvgIpc) is 2.30. The molecule has 2 atom stereocenters. The molecule has 5 heteroatoms. The monoisotopic (exact) mass is 187 g/mol. The van der Waals surface area contributed by atoms with Gasteiger partial charge in [-0.05, 0) is 26.2 Å². The van der Waals surface area contributed by atoms with E-state index in [1.807, 2.05) is 0 Å². The quantitative estimate of drug-likeness (QED) is 0.566. The summed E-state index contributed by atoms with van der Waals surface area (Å²) < 4.78 is 0. The van der Waals surface area contributed by atoms with E-state index in [0.717, 1.165) is 0 Å². The summed E-state index contributed by atoms with van der Waals surface area (Å²) in [6, 6.07) is 0. The summed E-state index contributed by atoms with van der Waals surface area (Å²) >= 11 is 0. The van der Waals surface area contributed by atoms with Crippen LogP contribution >= 0.6 is 0 Å². The number of hydrogen-bond acceptors (Lipinski definition) is 3. The zero-order valence-electron chi connectivity index (χ0n) is 7.41. The van der Waals surface area contributed by atoms with Crippen molar-refractivity contribution in [1.82, 2.24) is 0 Å². The zero-order chi connectivity index (χ0) is 10.3. The van der Waals surface area contributed by atoms with Gasteiger partial charge in [0.1, 0.15) is 5.54 Å². The molecule has 0 amide bonds. The number of carboxylic acids is 2. The van der Waals surface area contributed by atoms with Crippen LogP contribution in [-0.2, 0) is 9.59 Å². The number of hydrogen-bond donors (Lipinski definition) is 3. The first-order valence-electron chi connectivity index (χ1n) is 4.06. The Morgan fingerprint density at radius 3 is 2.00 bits per heavy atom. The van der Waals surface area contributed by atoms with Crippen molar-refractivity contribution in [2.24, 2.45) is 11.1 Å². The van der Waals surface area contributed by atoms with Crippen LogP contribution in [-0.4, -0.2) is 27.7 Å². The van der Waals surface area contributed by atoms with Crippen LogP contribution in [0.4, 0.5) is 0 Å². The zero-order valence-corrected chi connectivity index (χ0v) is 7.41. The lowest BCUT2D eigenvalue weighted by Gasteiger charge is -2.21. The summed E-state index contributed by atoms with van der Waals surface area (Å²) in [6.45, 7) is 1.53. The van der Waals surface area contributed by atoms with E-state index in [1.165, 1.54) is 6.92 Å². The highest BCUT2D eigenvalue weighted by molar-refractivity contribution is 5.83. The van der Waals surface area contributed by atoms with Gasteiger partial charge < -0.3 is 15.9 Å². The highest BCUT2D eigenvalue weighted by Crippen LogP contribution is 2.42. The second-order valence-electron chi connectivity index (χ2n) is 4.00. The third-order valence-corrected chi connectivity index (χ3v) is 2.77. The molecule has 0 unspecified atom stereocenters. The third-order valence-electron chi connectivity index (χ3n) is 2.77. The highest BCUT2D eigenvalue weighted by atomic mass is 16.4. The molecular weight excluding hydrogens is 174 g/mol.